The highest BCUT2D eigenvalue weighted by atomic mass is 79.9. The molecule has 2 aromatic rings. The number of hydrogen-bond acceptors (Lipinski definition) is 2. The number of halogens is 1. The summed E-state index contributed by atoms with van der Waals surface area (Å²) < 4.78 is 6.22. The molecule has 0 saturated carbocycles. The summed E-state index contributed by atoms with van der Waals surface area (Å²) >= 11 is 3.36. The van der Waals surface area contributed by atoms with Crippen molar-refractivity contribution in [2.24, 2.45) is 0 Å². The lowest BCUT2D eigenvalue weighted by atomic mass is 10.1. The minimum Gasteiger partial charge on any atom is -0.369 e. The molecule has 2 aromatic carbocycles. The molecule has 0 N–H and O–H groups in total. The van der Waals surface area contributed by atoms with E-state index in [0.29, 0.717) is 12.2 Å². The minimum absolute atomic E-state index is 0.0154. The maximum absolute atomic E-state index is 11.9. The smallest absolute Gasteiger partial charge is 0.189 e. The van der Waals surface area contributed by atoms with Gasteiger partial charge in [0.2, 0.25) is 0 Å². The Morgan fingerprint density at radius 3 is 2.39 bits per heavy atom. The predicted molar refractivity (Wildman–Crippen MR) is 74.6 cm³/mol. The molecule has 0 heterocycles. The van der Waals surface area contributed by atoms with Crippen LogP contribution in [0.2, 0.25) is 0 Å². The van der Waals surface area contributed by atoms with Crippen molar-refractivity contribution in [3.63, 3.8) is 0 Å². The van der Waals surface area contributed by atoms with Crippen LogP contribution in [0, 0.1) is 0 Å². The lowest BCUT2D eigenvalue weighted by Gasteiger charge is -2.05. The van der Waals surface area contributed by atoms with Gasteiger partial charge in [0.05, 0.1) is 6.61 Å². The van der Waals surface area contributed by atoms with Crippen LogP contribution in [-0.2, 0) is 11.3 Å². The van der Waals surface area contributed by atoms with E-state index in [2.05, 4.69) is 15.9 Å². The molecule has 0 amide bonds. The van der Waals surface area contributed by atoms with Gasteiger partial charge in [0, 0.05) is 10.0 Å². The van der Waals surface area contributed by atoms with E-state index < -0.39 is 0 Å². The Hall–Kier alpha value is -1.45. The van der Waals surface area contributed by atoms with Crippen LogP contribution in [-0.4, -0.2) is 12.4 Å². The molecule has 0 aliphatic heterocycles. The second-order valence-corrected chi connectivity index (χ2v) is 4.74. The molecule has 18 heavy (non-hydrogen) atoms. The van der Waals surface area contributed by atoms with Crippen molar-refractivity contribution in [2.75, 3.05) is 6.61 Å². The third kappa shape index (κ3) is 3.52. The first-order valence-electron chi connectivity index (χ1n) is 5.67. The summed E-state index contributed by atoms with van der Waals surface area (Å²) in [6.45, 7) is 0.550. The van der Waals surface area contributed by atoms with Crippen LogP contribution in [0.3, 0.4) is 0 Å². The molecular formula is C15H13BrO2. The molecular weight excluding hydrogens is 292 g/mol. The Labute approximate surface area is 115 Å². The average molecular weight is 305 g/mol. The van der Waals surface area contributed by atoms with Gasteiger partial charge < -0.3 is 4.74 Å². The Morgan fingerprint density at radius 1 is 1.00 bits per heavy atom. The van der Waals surface area contributed by atoms with Gasteiger partial charge in [-0.1, -0.05) is 64.5 Å². The second kappa shape index (κ2) is 6.47. The Balaban J connectivity index is 1.88. The van der Waals surface area contributed by atoms with Crippen molar-refractivity contribution >= 4 is 21.7 Å². The quantitative estimate of drug-likeness (QED) is 0.784. The zero-order valence-corrected chi connectivity index (χ0v) is 11.4. The number of Topliss-reactive ketones (excluding diaryl/α,β-unsaturated/α-hetero) is 1. The van der Waals surface area contributed by atoms with Gasteiger partial charge in [-0.15, -0.1) is 0 Å². The molecule has 0 atom stereocenters. The Morgan fingerprint density at radius 2 is 1.67 bits per heavy atom. The molecule has 0 radical (unpaired) electrons. The molecule has 0 aliphatic carbocycles. The predicted octanol–water partition coefficient (Wildman–Crippen LogP) is 3.85. The first-order chi connectivity index (χ1) is 8.77. The molecule has 0 spiro atoms. The molecule has 0 fully saturated rings. The highest BCUT2D eigenvalue weighted by Crippen LogP contribution is 2.16. The summed E-state index contributed by atoms with van der Waals surface area (Å²) in [7, 11) is 0. The van der Waals surface area contributed by atoms with Gasteiger partial charge in [0.15, 0.2) is 5.78 Å². The standard InChI is InChI=1S/C15H13BrO2/c16-14-9-5-4-8-13(14)15(17)11-18-10-12-6-2-1-3-7-12/h1-9H,10-11H2. The monoisotopic (exact) mass is 304 g/mol. The van der Waals surface area contributed by atoms with Crippen LogP contribution in [0.5, 0.6) is 0 Å². The van der Waals surface area contributed by atoms with Gasteiger partial charge >= 0.3 is 0 Å². The number of carbonyl (C=O) groups excluding carboxylic acids is 1. The Bertz CT molecular complexity index is 523. The third-order valence-electron chi connectivity index (χ3n) is 2.52. The van der Waals surface area contributed by atoms with E-state index in [-0.39, 0.29) is 12.4 Å². The van der Waals surface area contributed by atoms with Crippen LogP contribution >= 0.6 is 15.9 Å². The lowest BCUT2D eigenvalue weighted by molar-refractivity contribution is 0.0726. The number of ketones is 1. The summed E-state index contributed by atoms with van der Waals surface area (Å²) in [4.78, 5) is 11.9. The summed E-state index contributed by atoms with van der Waals surface area (Å²) in [5.74, 6) is -0.0154. The largest absolute Gasteiger partial charge is 0.369 e. The van der Waals surface area contributed by atoms with Crippen molar-refractivity contribution in [1.29, 1.82) is 0 Å². The van der Waals surface area contributed by atoms with Gasteiger partial charge in [0.25, 0.3) is 0 Å². The fourth-order valence-electron chi connectivity index (χ4n) is 1.60. The molecule has 3 heteroatoms. The maximum atomic E-state index is 11.9. The number of ether oxygens (including phenoxy) is 1. The van der Waals surface area contributed by atoms with Crippen LogP contribution in [0.1, 0.15) is 15.9 Å². The van der Waals surface area contributed by atoms with E-state index in [4.69, 9.17) is 4.74 Å². The number of hydrogen-bond donors (Lipinski definition) is 0. The van der Waals surface area contributed by atoms with Crippen molar-refractivity contribution in [1.82, 2.24) is 0 Å². The summed E-state index contributed by atoms with van der Waals surface area (Å²) in [6.07, 6.45) is 0. The zero-order chi connectivity index (χ0) is 12.8. The van der Waals surface area contributed by atoms with Gasteiger partial charge in [-0.3, -0.25) is 4.79 Å². The number of carbonyl (C=O) groups is 1. The van der Waals surface area contributed by atoms with Crippen molar-refractivity contribution < 1.29 is 9.53 Å². The van der Waals surface area contributed by atoms with E-state index >= 15 is 0 Å². The maximum Gasteiger partial charge on any atom is 0.189 e. The molecule has 2 nitrogen and oxygen atoms in total. The second-order valence-electron chi connectivity index (χ2n) is 3.88. The van der Waals surface area contributed by atoms with Crippen molar-refractivity contribution in [3.8, 4) is 0 Å². The molecule has 0 bridgehead atoms. The van der Waals surface area contributed by atoms with Gasteiger partial charge in [0.1, 0.15) is 6.61 Å². The molecule has 2 rings (SSSR count). The van der Waals surface area contributed by atoms with Crippen molar-refractivity contribution in [2.45, 2.75) is 6.61 Å². The SMILES string of the molecule is O=C(COCc1ccccc1)c1ccccc1Br. The van der Waals surface area contributed by atoms with E-state index in [0.717, 1.165) is 10.0 Å². The average Bonchev–Trinajstić information content (AvgIpc) is 2.40. The number of rotatable bonds is 5. The summed E-state index contributed by atoms with van der Waals surface area (Å²) in [5.41, 5.74) is 1.72. The van der Waals surface area contributed by atoms with E-state index in [9.17, 15) is 4.79 Å². The van der Waals surface area contributed by atoms with E-state index in [1.807, 2.05) is 48.5 Å². The van der Waals surface area contributed by atoms with Crippen LogP contribution in [0.15, 0.2) is 59.1 Å². The topological polar surface area (TPSA) is 26.3 Å². The summed E-state index contributed by atoms with van der Waals surface area (Å²) in [5, 5.41) is 0. The van der Waals surface area contributed by atoms with Crippen LogP contribution in [0.25, 0.3) is 0 Å². The Kier molecular flexibility index (Phi) is 4.67. The van der Waals surface area contributed by atoms with Crippen LogP contribution < -0.4 is 0 Å². The molecule has 92 valence electrons. The third-order valence-corrected chi connectivity index (χ3v) is 3.21. The highest BCUT2D eigenvalue weighted by Gasteiger charge is 2.09. The number of benzene rings is 2. The highest BCUT2D eigenvalue weighted by molar-refractivity contribution is 9.10. The fourth-order valence-corrected chi connectivity index (χ4v) is 2.11. The fraction of sp³-hybridized carbons (Fsp3) is 0.133. The lowest BCUT2D eigenvalue weighted by Crippen LogP contribution is -2.09. The van der Waals surface area contributed by atoms with E-state index in [1.54, 1.807) is 6.07 Å². The van der Waals surface area contributed by atoms with E-state index in [1.165, 1.54) is 0 Å². The molecule has 0 aliphatic rings. The first kappa shape index (κ1) is 13.0. The minimum atomic E-state index is -0.0154. The van der Waals surface area contributed by atoms with Crippen molar-refractivity contribution in [3.05, 3.63) is 70.2 Å². The van der Waals surface area contributed by atoms with Gasteiger partial charge in [-0.05, 0) is 11.6 Å². The zero-order valence-electron chi connectivity index (χ0n) is 9.80. The molecule has 0 aromatic heterocycles. The normalized spacial score (nSPS) is 10.3. The van der Waals surface area contributed by atoms with Crippen LogP contribution in [0.4, 0.5) is 0 Å². The summed E-state index contributed by atoms with van der Waals surface area (Å²) in [6, 6.07) is 17.2. The molecule has 0 unspecified atom stereocenters. The van der Waals surface area contributed by atoms with Gasteiger partial charge in [-0.25, -0.2) is 0 Å². The molecule has 0 saturated heterocycles. The first-order valence-corrected chi connectivity index (χ1v) is 6.46. The van der Waals surface area contributed by atoms with Gasteiger partial charge in [-0.2, -0.15) is 0 Å².